The molecule has 1 atom stereocenters. The van der Waals surface area contributed by atoms with Gasteiger partial charge in [0.2, 0.25) is 0 Å². The second kappa shape index (κ2) is 6.08. The van der Waals surface area contributed by atoms with Gasteiger partial charge < -0.3 is 10.6 Å². The van der Waals surface area contributed by atoms with E-state index >= 15 is 0 Å². The van der Waals surface area contributed by atoms with E-state index in [-0.39, 0.29) is 5.91 Å². The number of rotatable bonds is 3. The van der Waals surface area contributed by atoms with Gasteiger partial charge in [-0.15, -0.1) is 0 Å². The number of nitrogens with two attached hydrogens (primary N) is 1. The van der Waals surface area contributed by atoms with Gasteiger partial charge in [-0.1, -0.05) is 19.8 Å². The van der Waals surface area contributed by atoms with E-state index in [9.17, 15) is 4.79 Å². The van der Waals surface area contributed by atoms with Gasteiger partial charge in [-0.05, 0) is 25.2 Å². The highest BCUT2D eigenvalue weighted by molar-refractivity contribution is 5.97. The maximum Gasteiger partial charge on any atom is 0.274 e. The maximum absolute atomic E-state index is 12.5. The molecule has 2 rings (SSSR count). The zero-order valence-corrected chi connectivity index (χ0v) is 11.9. The van der Waals surface area contributed by atoms with Crippen molar-refractivity contribution in [2.24, 2.45) is 13.0 Å². The van der Waals surface area contributed by atoms with Crippen LogP contribution < -0.4 is 5.73 Å². The van der Waals surface area contributed by atoms with Crippen LogP contribution in [0.3, 0.4) is 0 Å². The van der Waals surface area contributed by atoms with Crippen LogP contribution in [-0.2, 0) is 7.05 Å². The fourth-order valence-electron chi connectivity index (χ4n) is 2.93. The van der Waals surface area contributed by atoms with Crippen LogP contribution in [-0.4, -0.2) is 33.7 Å². The SMILES string of the molecule is CCCC1CCCN(C(=O)c2c(N)cnn2C)CC1. The van der Waals surface area contributed by atoms with Gasteiger partial charge in [-0.25, -0.2) is 0 Å². The Morgan fingerprint density at radius 1 is 1.47 bits per heavy atom. The first-order valence-electron chi connectivity index (χ1n) is 7.20. The molecule has 5 heteroatoms. The summed E-state index contributed by atoms with van der Waals surface area (Å²) in [5.41, 5.74) is 6.83. The lowest BCUT2D eigenvalue weighted by Gasteiger charge is -2.21. The van der Waals surface area contributed by atoms with Crippen molar-refractivity contribution in [2.45, 2.75) is 39.0 Å². The Bertz CT molecular complexity index is 421. The third-order valence-corrected chi connectivity index (χ3v) is 4.00. The second-order valence-corrected chi connectivity index (χ2v) is 5.45. The largest absolute Gasteiger partial charge is 0.396 e. The van der Waals surface area contributed by atoms with Crippen LogP contribution in [0.2, 0.25) is 0 Å². The van der Waals surface area contributed by atoms with Gasteiger partial charge in [0.1, 0.15) is 5.69 Å². The molecule has 106 valence electrons. The lowest BCUT2D eigenvalue weighted by atomic mass is 9.96. The topological polar surface area (TPSA) is 64.2 Å². The zero-order chi connectivity index (χ0) is 13.8. The van der Waals surface area contributed by atoms with E-state index in [2.05, 4.69) is 12.0 Å². The summed E-state index contributed by atoms with van der Waals surface area (Å²) >= 11 is 0. The van der Waals surface area contributed by atoms with E-state index in [0.29, 0.717) is 11.4 Å². The molecular formula is C14H24N4O. The van der Waals surface area contributed by atoms with Gasteiger partial charge in [-0.3, -0.25) is 9.48 Å². The number of carbonyl (C=O) groups excluding carboxylic acids is 1. The maximum atomic E-state index is 12.5. The molecular weight excluding hydrogens is 240 g/mol. The van der Waals surface area contributed by atoms with E-state index in [1.807, 2.05) is 4.90 Å². The van der Waals surface area contributed by atoms with Crippen LogP contribution >= 0.6 is 0 Å². The quantitative estimate of drug-likeness (QED) is 0.908. The minimum Gasteiger partial charge on any atom is -0.396 e. The van der Waals surface area contributed by atoms with Crippen LogP contribution in [0.5, 0.6) is 0 Å². The number of nitrogens with zero attached hydrogens (tertiary/aromatic N) is 3. The van der Waals surface area contributed by atoms with E-state index in [0.717, 1.165) is 31.8 Å². The molecule has 1 aromatic heterocycles. The Hall–Kier alpha value is -1.52. The van der Waals surface area contributed by atoms with Crippen LogP contribution in [0, 0.1) is 5.92 Å². The highest BCUT2D eigenvalue weighted by Gasteiger charge is 2.24. The van der Waals surface area contributed by atoms with Crippen LogP contribution in [0.1, 0.15) is 49.5 Å². The minimum absolute atomic E-state index is 0.0228. The first kappa shape index (κ1) is 13.9. The Morgan fingerprint density at radius 2 is 2.26 bits per heavy atom. The molecule has 5 nitrogen and oxygen atoms in total. The van der Waals surface area contributed by atoms with Crippen molar-refractivity contribution < 1.29 is 4.79 Å². The average molecular weight is 264 g/mol. The molecule has 1 saturated heterocycles. The van der Waals surface area contributed by atoms with E-state index in [1.54, 1.807) is 17.9 Å². The van der Waals surface area contributed by atoms with Gasteiger partial charge in [0, 0.05) is 20.1 Å². The van der Waals surface area contributed by atoms with Gasteiger partial charge in [0.25, 0.3) is 5.91 Å². The molecule has 0 radical (unpaired) electrons. The van der Waals surface area contributed by atoms with Crippen LogP contribution in [0.25, 0.3) is 0 Å². The van der Waals surface area contributed by atoms with Crippen molar-refractivity contribution in [3.8, 4) is 0 Å². The molecule has 0 spiro atoms. The Kier molecular flexibility index (Phi) is 4.45. The second-order valence-electron chi connectivity index (χ2n) is 5.45. The standard InChI is InChI=1S/C14H24N4O/c1-3-5-11-6-4-8-18(9-7-11)14(19)13-12(15)10-16-17(13)2/h10-11H,3-9,15H2,1-2H3. The zero-order valence-electron chi connectivity index (χ0n) is 11.9. The third kappa shape index (κ3) is 3.08. The molecule has 19 heavy (non-hydrogen) atoms. The van der Waals surface area contributed by atoms with Crippen molar-refractivity contribution in [2.75, 3.05) is 18.8 Å². The molecule has 2 N–H and O–H groups in total. The Balaban J connectivity index is 2.04. The molecule has 1 unspecified atom stereocenters. The number of aryl methyl sites for hydroxylation is 1. The van der Waals surface area contributed by atoms with Gasteiger partial charge in [0.15, 0.2) is 0 Å². The van der Waals surface area contributed by atoms with E-state index < -0.39 is 0 Å². The lowest BCUT2D eigenvalue weighted by molar-refractivity contribution is 0.0750. The first-order chi connectivity index (χ1) is 9.13. The fraction of sp³-hybridized carbons (Fsp3) is 0.714. The predicted octanol–water partition coefficient (Wildman–Crippen LogP) is 2.04. The van der Waals surface area contributed by atoms with Gasteiger partial charge >= 0.3 is 0 Å². The van der Waals surface area contributed by atoms with E-state index in [4.69, 9.17) is 5.73 Å². The summed E-state index contributed by atoms with van der Waals surface area (Å²) in [7, 11) is 1.77. The first-order valence-corrected chi connectivity index (χ1v) is 7.20. The number of hydrogen-bond donors (Lipinski definition) is 1. The monoisotopic (exact) mass is 264 g/mol. The number of aromatic nitrogens is 2. The molecule has 0 saturated carbocycles. The minimum atomic E-state index is 0.0228. The fourth-order valence-corrected chi connectivity index (χ4v) is 2.93. The average Bonchev–Trinajstić information content (AvgIpc) is 2.61. The Labute approximate surface area is 114 Å². The number of likely N-dealkylation sites (tertiary alicyclic amines) is 1. The summed E-state index contributed by atoms with van der Waals surface area (Å²) in [5, 5.41) is 4.04. The van der Waals surface area contributed by atoms with Crippen LogP contribution in [0.15, 0.2) is 6.20 Å². The molecule has 0 aliphatic carbocycles. The highest BCUT2D eigenvalue weighted by Crippen LogP contribution is 2.23. The van der Waals surface area contributed by atoms with Gasteiger partial charge in [0.05, 0.1) is 11.9 Å². The molecule has 1 aromatic rings. The Morgan fingerprint density at radius 3 is 2.89 bits per heavy atom. The summed E-state index contributed by atoms with van der Waals surface area (Å²) in [6.07, 6.45) is 7.48. The molecule has 2 heterocycles. The lowest BCUT2D eigenvalue weighted by Crippen LogP contribution is -2.33. The van der Waals surface area contributed by atoms with Gasteiger partial charge in [-0.2, -0.15) is 5.10 Å². The summed E-state index contributed by atoms with van der Waals surface area (Å²) in [4.78, 5) is 14.4. The van der Waals surface area contributed by atoms with Crippen molar-refractivity contribution in [3.63, 3.8) is 0 Å². The number of anilines is 1. The summed E-state index contributed by atoms with van der Waals surface area (Å²) < 4.78 is 1.58. The summed E-state index contributed by atoms with van der Waals surface area (Å²) in [6, 6.07) is 0. The van der Waals surface area contributed by atoms with Crippen molar-refractivity contribution in [3.05, 3.63) is 11.9 Å². The normalized spacial score (nSPS) is 20.3. The molecule has 1 aliphatic rings. The smallest absolute Gasteiger partial charge is 0.274 e. The molecule has 1 amide bonds. The molecule has 1 fully saturated rings. The third-order valence-electron chi connectivity index (χ3n) is 4.00. The summed E-state index contributed by atoms with van der Waals surface area (Å²) in [5.74, 6) is 0.793. The predicted molar refractivity (Wildman–Crippen MR) is 75.8 cm³/mol. The van der Waals surface area contributed by atoms with Crippen LogP contribution in [0.4, 0.5) is 5.69 Å². The number of amides is 1. The number of carbonyl (C=O) groups is 1. The van der Waals surface area contributed by atoms with E-state index in [1.165, 1.54) is 19.3 Å². The molecule has 0 bridgehead atoms. The van der Waals surface area contributed by atoms with Crippen molar-refractivity contribution in [1.82, 2.24) is 14.7 Å². The molecule has 0 aromatic carbocycles. The molecule has 1 aliphatic heterocycles. The highest BCUT2D eigenvalue weighted by atomic mass is 16.2. The number of nitrogen functional groups attached to an aromatic ring is 1. The number of hydrogen-bond acceptors (Lipinski definition) is 3. The van der Waals surface area contributed by atoms with Crippen molar-refractivity contribution in [1.29, 1.82) is 0 Å². The summed E-state index contributed by atoms with van der Waals surface area (Å²) in [6.45, 7) is 3.90. The van der Waals surface area contributed by atoms with Crippen molar-refractivity contribution >= 4 is 11.6 Å².